The molecule has 0 amide bonds. The highest BCUT2D eigenvalue weighted by Gasteiger charge is 2.11. The second-order valence-corrected chi connectivity index (χ2v) is 6.26. The van der Waals surface area contributed by atoms with Crippen LogP contribution in [0.2, 0.25) is 0 Å². The molecule has 0 atom stereocenters. The number of benzene rings is 2. The minimum Gasteiger partial charge on any atom is -0.344 e. The molecule has 144 valence electrons. The quantitative estimate of drug-likeness (QED) is 0.473. The fourth-order valence-corrected chi connectivity index (χ4v) is 3.42. The Bertz CT molecular complexity index is 706. The Morgan fingerprint density at radius 2 is 0.852 bits per heavy atom. The minimum absolute atomic E-state index is 0. The van der Waals surface area contributed by atoms with Crippen LogP contribution in [0, 0.1) is 0 Å². The number of rotatable bonds is 10. The molecule has 0 spiro atoms. The van der Waals surface area contributed by atoms with E-state index in [1.54, 1.807) is 0 Å². The van der Waals surface area contributed by atoms with Gasteiger partial charge in [0.25, 0.3) is 0 Å². The standard InChI is InChI=1S/C25H28.2H3N/c1-5-11-20-15-9-17-22(24(20)13-7-3)19-23-18-10-16-21(12-6-2)25(23)14-8-4;;/h5-10,15-18H,1-4,11-14,19H2;2*1H3. The van der Waals surface area contributed by atoms with E-state index in [-0.39, 0.29) is 12.3 Å². The summed E-state index contributed by atoms with van der Waals surface area (Å²) >= 11 is 0. The molecule has 6 N–H and O–H groups in total. The Hall–Kier alpha value is -2.68. The van der Waals surface area contributed by atoms with Crippen molar-refractivity contribution in [3.05, 3.63) is 120 Å². The molecular formula is C25H34N2. The highest BCUT2D eigenvalue weighted by molar-refractivity contribution is 5.45. The third kappa shape index (κ3) is 6.21. The molecular weight excluding hydrogens is 328 g/mol. The van der Waals surface area contributed by atoms with Crippen LogP contribution in [0.25, 0.3) is 0 Å². The van der Waals surface area contributed by atoms with E-state index in [1.165, 1.54) is 33.4 Å². The Morgan fingerprint density at radius 1 is 0.519 bits per heavy atom. The predicted molar refractivity (Wildman–Crippen MR) is 121 cm³/mol. The van der Waals surface area contributed by atoms with E-state index in [4.69, 9.17) is 0 Å². The monoisotopic (exact) mass is 362 g/mol. The first-order valence-electron chi connectivity index (χ1n) is 8.88. The molecule has 2 nitrogen and oxygen atoms in total. The molecule has 0 aliphatic heterocycles. The average molecular weight is 363 g/mol. The molecule has 2 rings (SSSR count). The first-order chi connectivity index (χ1) is 12.2. The molecule has 2 aromatic rings. The topological polar surface area (TPSA) is 70.0 Å². The van der Waals surface area contributed by atoms with E-state index >= 15 is 0 Å². The fraction of sp³-hybridized carbons (Fsp3) is 0.200. The molecule has 0 aromatic heterocycles. The van der Waals surface area contributed by atoms with Gasteiger partial charge in [-0.3, -0.25) is 0 Å². The molecule has 2 aromatic carbocycles. The summed E-state index contributed by atoms with van der Waals surface area (Å²) in [6, 6.07) is 13.2. The number of hydrogen-bond acceptors (Lipinski definition) is 2. The van der Waals surface area contributed by atoms with Gasteiger partial charge >= 0.3 is 0 Å². The van der Waals surface area contributed by atoms with Crippen molar-refractivity contribution in [1.29, 1.82) is 0 Å². The van der Waals surface area contributed by atoms with Gasteiger partial charge in [0.15, 0.2) is 0 Å². The van der Waals surface area contributed by atoms with Gasteiger partial charge in [0.05, 0.1) is 0 Å². The molecule has 0 saturated heterocycles. The fourth-order valence-electron chi connectivity index (χ4n) is 3.42. The van der Waals surface area contributed by atoms with Crippen molar-refractivity contribution >= 4 is 0 Å². The van der Waals surface area contributed by atoms with Gasteiger partial charge in [-0.2, -0.15) is 0 Å². The van der Waals surface area contributed by atoms with E-state index in [9.17, 15) is 0 Å². The summed E-state index contributed by atoms with van der Waals surface area (Å²) in [7, 11) is 0. The second-order valence-electron chi connectivity index (χ2n) is 6.26. The van der Waals surface area contributed by atoms with Gasteiger partial charge in [0, 0.05) is 0 Å². The zero-order valence-electron chi connectivity index (χ0n) is 16.6. The van der Waals surface area contributed by atoms with Gasteiger partial charge in [0.2, 0.25) is 0 Å². The SMILES string of the molecule is C=CCc1cccc(Cc2cccc(CC=C)c2CC=C)c1CC=C.N.N. The summed E-state index contributed by atoms with van der Waals surface area (Å²) in [4.78, 5) is 0. The summed E-state index contributed by atoms with van der Waals surface area (Å²) in [6.07, 6.45) is 12.4. The van der Waals surface area contributed by atoms with Crippen molar-refractivity contribution in [2.75, 3.05) is 0 Å². The maximum absolute atomic E-state index is 3.94. The van der Waals surface area contributed by atoms with Crippen LogP contribution in [0.15, 0.2) is 87.0 Å². The van der Waals surface area contributed by atoms with Gasteiger partial charge in [0.1, 0.15) is 0 Å². The van der Waals surface area contributed by atoms with Crippen LogP contribution < -0.4 is 12.3 Å². The lowest BCUT2D eigenvalue weighted by Gasteiger charge is -2.17. The first kappa shape index (κ1) is 24.3. The highest BCUT2D eigenvalue weighted by Crippen LogP contribution is 2.24. The third-order valence-electron chi connectivity index (χ3n) is 4.55. The summed E-state index contributed by atoms with van der Waals surface area (Å²) in [5.74, 6) is 0. The van der Waals surface area contributed by atoms with Gasteiger partial charge in [-0.15, -0.1) is 26.3 Å². The zero-order chi connectivity index (χ0) is 18.1. The molecule has 0 heterocycles. The lowest BCUT2D eigenvalue weighted by molar-refractivity contribution is 1.03. The number of allylic oxidation sites excluding steroid dienone is 4. The van der Waals surface area contributed by atoms with Gasteiger partial charge in [-0.25, -0.2) is 0 Å². The Labute approximate surface area is 165 Å². The first-order valence-corrected chi connectivity index (χ1v) is 8.88. The van der Waals surface area contributed by atoms with Gasteiger partial charge < -0.3 is 12.3 Å². The maximum atomic E-state index is 3.94. The third-order valence-corrected chi connectivity index (χ3v) is 4.55. The van der Waals surface area contributed by atoms with Crippen molar-refractivity contribution in [3.63, 3.8) is 0 Å². The van der Waals surface area contributed by atoms with Crippen molar-refractivity contribution in [1.82, 2.24) is 12.3 Å². The Kier molecular flexibility index (Phi) is 11.4. The molecule has 0 fully saturated rings. The summed E-state index contributed by atoms with van der Waals surface area (Å²) < 4.78 is 0. The van der Waals surface area contributed by atoms with Crippen LogP contribution in [0.5, 0.6) is 0 Å². The zero-order valence-corrected chi connectivity index (χ0v) is 16.6. The van der Waals surface area contributed by atoms with Crippen LogP contribution in [0.4, 0.5) is 0 Å². The Balaban J connectivity index is 0.00000338. The smallest absolute Gasteiger partial charge is 0.00199 e. The maximum Gasteiger partial charge on any atom is -0.00199 e. The predicted octanol–water partition coefficient (Wildman–Crippen LogP) is 6.52. The van der Waals surface area contributed by atoms with Crippen LogP contribution in [-0.4, -0.2) is 0 Å². The van der Waals surface area contributed by atoms with Crippen LogP contribution >= 0.6 is 0 Å². The average Bonchev–Trinajstić information content (AvgIpc) is 2.61. The molecule has 0 bridgehead atoms. The molecule has 0 radical (unpaired) electrons. The van der Waals surface area contributed by atoms with Gasteiger partial charge in [-0.1, -0.05) is 60.7 Å². The number of hydrogen-bond donors (Lipinski definition) is 2. The summed E-state index contributed by atoms with van der Waals surface area (Å²) in [6.45, 7) is 15.7. The lowest BCUT2D eigenvalue weighted by Crippen LogP contribution is -2.04. The van der Waals surface area contributed by atoms with E-state index < -0.39 is 0 Å². The molecule has 2 heteroatoms. The van der Waals surface area contributed by atoms with Crippen LogP contribution in [0.1, 0.15) is 33.4 Å². The molecule has 27 heavy (non-hydrogen) atoms. The normalized spacial score (nSPS) is 9.48. The van der Waals surface area contributed by atoms with E-state index in [1.807, 2.05) is 24.3 Å². The van der Waals surface area contributed by atoms with E-state index in [0.717, 1.165) is 32.1 Å². The van der Waals surface area contributed by atoms with Gasteiger partial charge in [-0.05, 0) is 65.5 Å². The van der Waals surface area contributed by atoms with Crippen LogP contribution in [-0.2, 0) is 32.1 Å². The van der Waals surface area contributed by atoms with Crippen molar-refractivity contribution < 1.29 is 0 Å². The lowest BCUT2D eigenvalue weighted by atomic mass is 9.88. The van der Waals surface area contributed by atoms with Crippen molar-refractivity contribution in [2.24, 2.45) is 0 Å². The molecule has 0 aliphatic rings. The van der Waals surface area contributed by atoms with E-state index in [0.29, 0.717) is 0 Å². The summed E-state index contributed by atoms with van der Waals surface area (Å²) in [5.41, 5.74) is 8.22. The van der Waals surface area contributed by atoms with Crippen molar-refractivity contribution in [2.45, 2.75) is 32.1 Å². The second kappa shape index (κ2) is 12.6. The highest BCUT2D eigenvalue weighted by atomic mass is 14.2. The van der Waals surface area contributed by atoms with Crippen LogP contribution in [0.3, 0.4) is 0 Å². The Morgan fingerprint density at radius 3 is 1.19 bits per heavy atom. The molecule has 0 saturated carbocycles. The van der Waals surface area contributed by atoms with Crippen molar-refractivity contribution in [3.8, 4) is 0 Å². The summed E-state index contributed by atoms with van der Waals surface area (Å²) in [5, 5.41) is 0. The largest absolute Gasteiger partial charge is 0.344 e. The molecule has 0 unspecified atom stereocenters. The minimum atomic E-state index is 0. The van der Waals surface area contributed by atoms with E-state index in [2.05, 4.69) is 62.7 Å². The molecule has 0 aliphatic carbocycles.